The molecular formula is C11H11ClO2S. The molecule has 1 rings (SSSR count). The summed E-state index contributed by atoms with van der Waals surface area (Å²) in [5, 5.41) is 9.90. The van der Waals surface area contributed by atoms with Gasteiger partial charge in [0.2, 0.25) is 0 Å². The summed E-state index contributed by atoms with van der Waals surface area (Å²) in [6.07, 6.45) is 3.63. The Kier molecular flexibility index (Phi) is 4.72. The molecule has 80 valence electrons. The zero-order chi connectivity index (χ0) is 11.3. The molecule has 0 saturated carbocycles. The second-order valence-electron chi connectivity index (χ2n) is 2.91. The molecule has 4 heteroatoms. The molecule has 0 unspecified atom stereocenters. The van der Waals surface area contributed by atoms with Gasteiger partial charge in [-0.2, -0.15) is 0 Å². The maximum absolute atomic E-state index is 10.6. The minimum atomic E-state index is 0.0849. The summed E-state index contributed by atoms with van der Waals surface area (Å²) in [5.74, 6) is 0.791. The fourth-order valence-corrected chi connectivity index (χ4v) is 1.61. The van der Waals surface area contributed by atoms with E-state index >= 15 is 0 Å². The zero-order valence-electron chi connectivity index (χ0n) is 8.24. The Labute approximate surface area is 97.9 Å². The first-order valence-electron chi connectivity index (χ1n) is 4.38. The van der Waals surface area contributed by atoms with Crippen molar-refractivity contribution in [2.45, 2.75) is 6.92 Å². The van der Waals surface area contributed by atoms with Crippen molar-refractivity contribution in [3.05, 3.63) is 34.9 Å². The number of phenolic OH excluding ortho intramolecular Hbond substituents is 1. The summed E-state index contributed by atoms with van der Waals surface area (Å²) in [4.78, 5) is 10.6. The Balaban J connectivity index is 2.63. The molecule has 0 spiro atoms. The molecule has 1 aromatic rings. The summed E-state index contributed by atoms with van der Waals surface area (Å²) in [7, 11) is 0. The number of benzene rings is 1. The second-order valence-corrected chi connectivity index (χ2v) is 4.51. The van der Waals surface area contributed by atoms with Gasteiger partial charge < -0.3 is 5.11 Å². The van der Waals surface area contributed by atoms with Crippen LogP contribution in [0.4, 0.5) is 0 Å². The van der Waals surface area contributed by atoms with Crippen LogP contribution < -0.4 is 0 Å². The van der Waals surface area contributed by atoms with E-state index in [1.807, 2.05) is 6.08 Å². The van der Waals surface area contributed by atoms with Crippen LogP contribution in [-0.4, -0.2) is 16.0 Å². The Morgan fingerprint density at radius 1 is 1.60 bits per heavy atom. The monoisotopic (exact) mass is 242 g/mol. The lowest BCUT2D eigenvalue weighted by molar-refractivity contribution is -0.109. The highest BCUT2D eigenvalue weighted by Gasteiger charge is 1.97. The summed E-state index contributed by atoms with van der Waals surface area (Å²) >= 11 is 7.13. The van der Waals surface area contributed by atoms with Crippen LogP contribution >= 0.6 is 23.4 Å². The van der Waals surface area contributed by atoms with E-state index in [0.717, 1.165) is 5.56 Å². The van der Waals surface area contributed by atoms with Crippen LogP contribution in [0.2, 0.25) is 5.02 Å². The van der Waals surface area contributed by atoms with Gasteiger partial charge in [0.05, 0.1) is 0 Å². The van der Waals surface area contributed by atoms with Gasteiger partial charge in [0.1, 0.15) is 5.75 Å². The number of rotatable bonds is 3. The quantitative estimate of drug-likeness (QED) is 0.883. The average Bonchev–Trinajstić information content (AvgIpc) is 2.17. The van der Waals surface area contributed by atoms with Crippen molar-refractivity contribution in [2.75, 3.05) is 5.75 Å². The Bertz CT molecular complexity index is 388. The number of hydrogen-bond acceptors (Lipinski definition) is 3. The van der Waals surface area contributed by atoms with Gasteiger partial charge in [0.25, 0.3) is 0 Å². The zero-order valence-corrected chi connectivity index (χ0v) is 9.81. The number of carbonyl (C=O) groups is 1. The van der Waals surface area contributed by atoms with Gasteiger partial charge in [-0.1, -0.05) is 35.5 Å². The number of phenols is 1. The highest BCUT2D eigenvalue weighted by atomic mass is 35.5. The third-order valence-corrected chi connectivity index (χ3v) is 2.77. The molecule has 1 N–H and O–H groups in total. The normalized spacial score (nSPS) is 10.8. The highest BCUT2D eigenvalue weighted by molar-refractivity contribution is 8.13. The van der Waals surface area contributed by atoms with E-state index in [1.165, 1.54) is 24.8 Å². The Hall–Kier alpha value is -0.930. The summed E-state index contributed by atoms with van der Waals surface area (Å²) in [6.45, 7) is 1.53. The van der Waals surface area contributed by atoms with E-state index in [1.54, 1.807) is 18.2 Å². The smallest absolute Gasteiger partial charge is 0.186 e. The predicted molar refractivity (Wildman–Crippen MR) is 65.3 cm³/mol. The molecule has 15 heavy (non-hydrogen) atoms. The maximum Gasteiger partial charge on any atom is 0.186 e. The van der Waals surface area contributed by atoms with Crippen LogP contribution in [-0.2, 0) is 4.79 Å². The third kappa shape index (κ3) is 4.40. The Morgan fingerprint density at radius 3 is 3.00 bits per heavy atom. The van der Waals surface area contributed by atoms with Crippen molar-refractivity contribution in [3.63, 3.8) is 0 Å². The van der Waals surface area contributed by atoms with E-state index in [0.29, 0.717) is 10.8 Å². The fourth-order valence-electron chi connectivity index (χ4n) is 0.999. The van der Waals surface area contributed by atoms with Gasteiger partial charge in [-0.05, 0) is 23.8 Å². The summed E-state index contributed by atoms with van der Waals surface area (Å²) in [5.41, 5.74) is 0.751. The van der Waals surface area contributed by atoms with Gasteiger partial charge >= 0.3 is 0 Å². The van der Waals surface area contributed by atoms with Gasteiger partial charge in [0.15, 0.2) is 5.12 Å². The van der Waals surface area contributed by atoms with Gasteiger partial charge in [-0.25, -0.2) is 0 Å². The first-order valence-corrected chi connectivity index (χ1v) is 5.74. The van der Waals surface area contributed by atoms with E-state index in [-0.39, 0.29) is 10.9 Å². The second kappa shape index (κ2) is 5.83. The van der Waals surface area contributed by atoms with Crippen LogP contribution in [0.3, 0.4) is 0 Å². The lowest BCUT2D eigenvalue weighted by Gasteiger charge is -1.98. The number of carbonyl (C=O) groups excluding carboxylic acids is 1. The minimum absolute atomic E-state index is 0.0849. The highest BCUT2D eigenvalue weighted by Crippen LogP contribution is 2.22. The van der Waals surface area contributed by atoms with Crippen molar-refractivity contribution in [1.82, 2.24) is 0 Å². The number of thioether (sulfide) groups is 1. The number of halogens is 1. The first kappa shape index (κ1) is 12.1. The SMILES string of the molecule is CC(=O)SCC=Cc1cc(O)ccc1Cl. The van der Waals surface area contributed by atoms with Gasteiger partial charge in [-0.3, -0.25) is 4.79 Å². The van der Waals surface area contributed by atoms with Gasteiger partial charge in [0, 0.05) is 17.7 Å². The van der Waals surface area contributed by atoms with E-state index < -0.39 is 0 Å². The topological polar surface area (TPSA) is 37.3 Å². The standard InChI is InChI=1S/C11H11ClO2S/c1-8(13)15-6-2-3-9-7-10(14)4-5-11(9)12/h2-5,7,14H,6H2,1H3. The molecule has 0 aliphatic rings. The fraction of sp³-hybridized carbons (Fsp3) is 0.182. The summed E-state index contributed by atoms with van der Waals surface area (Å²) < 4.78 is 0. The molecule has 2 nitrogen and oxygen atoms in total. The van der Waals surface area contributed by atoms with E-state index in [9.17, 15) is 9.90 Å². The molecule has 0 aliphatic heterocycles. The maximum atomic E-state index is 10.6. The molecule has 0 aromatic heterocycles. The van der Waals surface area contributed by atoms with Crippen molar-refractivity contribution < 1.29 is 9.90 Å². The molecule has 0 fully saturated rings. The van der Waals surface area contributed by atoms with E-state index in [2.05, 4.69) is 0 Å². The van der Waals surface area contributed by atoms with Crippen LogP contribution in [0, 0.1) is 0 Å². The third-order valence-electron chi connectivity index (χ3n) is 1.66. The Morgan fingerprint density at radius 2 is 2.33 bits per heavy atom. The summed E-state index contributed by atoms with van der Waals surface area (Å²) in [6, 6.07) is 4.75. The molecule has 0 amide bonds. The van der Waals surface area contributed by atoms with Crippen LogP contribution in [0.25, 0.3) is 6.08 Å². The van der Waals surface area contributed by atoms with Crippen LogP contribution in [0.15, 0.2) is 24.3 Å². The van der Waals surface area contributed by atoms with Crippen molar-refractivity contribution in [3.8, 4) is 5.75 Å². The van der Waals surface area contributed by atoms with Crippen molar-refractivity contribution in [1.29, 1.82) is 0 Å². The molecule has 0 atom stereocenters. The average molecular weight is 243 g/mol. The molecule has 0 heterocycles. The van der Waals surface area contributed by atoms with Crippen molar-refractivity contribution in [2.24, 2.45) is 0 Å². The molecular weight excluding hydrogens is 232 g/mol. The minimum Gasteiger partial charge on any atom is -0.508 e. The molecule has 0 saturated heterocycles. The first-order chi connectivity index (χ1) is 7.09. The molecule has 0 bridgehead atoms. The number of aromatic hydroxyl groups is 1. The number of hydrogen-bond donors (Lipinski definition) is 1. The van der Waals surface area contributed by atoms with Crippen LogP contribution in [0.5, 0.6) is 5.75 Å². The largest absolute Gasteiger partial charge is 0.508 e. The molecule has 0 radical (unpaired) electrons. The van der Waals surface area contributed by atoms with Crippen LogP contribution in [0.1, 0.15) is 12.5 Å². The molecule has 1 aromatic carbocycles. The lowest BCUT2D eigenvalue weighted by atomic mass is 10.2. The van der Waals surface area contributed by atoms with E-state index in [4.69, 9.17) is 11.6 Å². The van der Waals surface area contributed by atoms with Crippen molar-refractivity contribution >= 4 is 34.6 Å². The van der Waals surface area contributed by atoms with Gasteiger partial charge in [-0.15, -0.1) is 0 Å². The lowest BCUT2D eigenvalue weighted by Crippen LogP contribution is -1.82. The predicted octanol–water partition coefficient (Wildman–Crippen LogP) is 3.34. The molecule has 0 aliphatic carbocycles.